The summed E-state index contributed by atoms with van der Waals surface area (Å²) in [6.45, 7) is 7.34. The standard InChI is InChI=1S/C15H22N2O4S/c1-15(2,3)21-14(19)17-7-6-16-9-11(17)10-5-8-22-12(10)13(18)20-4/h5,8,11,16H,6-7,9H2,1-4H3. The van der Waals surface area contributed by atoms with E-state index >= 15 is 0 Å². The van der Waals surface area contributed by atoms with Gasteiger partial charge in [0.1, 0.15) is 10.5 Å². The zero-order valence-electron chi connectivity index (χ0n) is 13.3. The summed E-state index contributed by atoms with van der Waals surface area (Å²) in [4.78, 5) is 26.5. The van der Waals surface area contributed by atoms with Crippen molar-refractivity contribution in [3.8, 4) is 0 Å². The maximum Gasteiger partial charge on any atom is 0.410 e. The van der Waals surface area contributed by atoms with Crippen molar-refractivity contribution in [1.82, 2.24) is 10.2 Å². The summed E-state index contributed by atoms with van der Waals surface area (Å²) in [6.07, 6.45) is -0.360. The molecule has 1 saturated heterocycles. The first kappa shape index (κ1) is 16.8. The van der Waals surface area contributed by atoms with Crippen LogP contribution in [-0.4, -0.2) is 49.3 Å². The Morgan fingerprint density at radius 2 is 2.14 bits per heavy atom. The number of nitrogens with one attached hydrogen (secondary N) is 1. The predicted molar refractivity (Wildman–Crippen MR) is 84.2 cm³/mol. The summed E-state index contributed by atoms with van der Waals surface area (Å²) in [5, 5.41) is 5.09. The van der Waals surface area contributed by atoms with Gasteiger partial charge in [0.05, 0.1) is 13.2 Å². The molecule has 2 rings (SSSR count). The minimum absolute atomic E-state index is 0.232. The molecule has 0 aliphatic carbocycles. The molecular weight excluding hydrogens is 304 g/mol. The van der Waals surface area contributed by atoms with E-state index in [1.807, 2.05) is 32.2 Å². The molecule has 122 valence electrons. The molecule has 0 aromatic carbocycles. The van der Waals surface area contributed by atoms with Crippen LogP contribution in [0.4, 0.5) is 4.79 Å². The van der Waals surface area contributed by atoms with Crippen molar-refractivity contribution in [3.63, 3.8) is 0 Å². The monoisotopic (exact) mass is 326 g/mol. The van der Waals surface area contributed by atoms with Crippen LogP contribution in [-0.2, 0) is 9.47 Å². The van der Waals surface area contributed by atoms with Gasteiger partial charge < -0.3 is 14.8 Å². The van der Waals surface area contributed by atoms with Crippen LogP contribution in [0.25, 0.3) is 0 Å². The van der Waals surface area contributed by atoms with E-state index in [4.69, 9.17) is 9.47 Å². The lowest BCUT2D eigenvalue weighted by Crippen LogP contribution is -2.50. The highest BCUT2D eigenvalue weighted by Crippen LogP contribution is 2.30. The SMILES string of the molecule is COC(=O)c1sccc1C1CNCCN1C(=O)OC(C)(C)C. The molecule has 6 nitrogen and oxygen atoms in total. The number of rotatable bonds is 2. The van der Waals surface area contributed by atoms with Gasteiger partial charge in [-0.15, -0.1) is 11.3 Å². The highest BCUT2D eigenvalue weighted by atomic mass is 32.1. The average Bonchev–Trinajstić information content (AvgIpc) is 2.94. The van der Waals surface area contributed by atoms with Crippen LogP contribution in [0.3, 0.4) is 0 Å². The van der Waals surface area contributed by atoms with E-state index in [9.17, 15) is 9.59 Å². The fourth-order valence-corrected chi connectivity index (χ4v) is 3.23. The van der Waals surface area contributed by atoms with Gasteiger partial charge in [0.15, 0.2) is 0 Å². The molecule has 1 fully saturated rings. The average molecular weight is 326 g/mol. The zero-order chi connectivity index (χ0) is 16.3. The Morgan fingerprint density at radius 1 is 1.41 bits per heavy atom. The van der Waals surface area contributed by atoms with Crippen molar-refractivity contribution >= 4 is 23.4 Å². The second-order valence-corrected chi connectivity index (χ2v) is 7.01. The molecule has 0 radical (unpaired) electrons. The number of carbonyl (C=O) groups is 2. The fraction of sp³-hybridized carbons (Fsp3) is 0.600. The number of hydrogen-bond donors (Lipinski definition) is 1. The number of piperazine rings is 1. The Balaban J connectivity index is 2.25. The van der Waals surface area contributed by atoms with Crippen LogP contribution < -0.4 is 5.32 Å². The Bertz CT molecular complexity index is 550. The summed E-state index contributed by atoms with van der Waals surface area (Å²) in [7, 11) is 1.36. The van der Waals surface area contributed by atoms with Crippen molar-refractivity contribution < 1.29 is 19.1 Å². The Hall–Kier alpha value is -1.60. The molecule has 1 aliphatic rings. The van der Waals surface area contributed by atoms with E-state index < -0.39 is 5.60 Å². The lowest BCUT2D eigenvalue weighted by Gasteiger charge is -2.37. The predicted octanol–water partition coefficient (Wildman–Crippen LogP) is 2.42. The molecule has 1 unspecified atom stereocenters. The quantitative estimate of drug-likeness (QED) is 0.845. The third-order valence-corrected chi connectivity index (χ3v) is 4.21. The third kappa shape index (κ3) is 3.78. The van der Waals surface area contributed by atoms with E-state index in [1.54, 1.807) is 4.90 Å². The van der Waals surface area contributed by atoms with Gasteiger partial charge in [-0.3, -0.25) is 4.90 Å². The number of methoxy groups -OCH3 is 1. The number of carbonyl (C=O) groups excluding carboxylic acids is 2. The number of hydrogen-bond acceptors (Lipinski definition) is 6. The Labute approximate surface area is 134 Å². The molecular formula is C15H22N2O4S. The molecule has 1 N–H and O–H groups in total. The van der Waals surface area contributed by atoms with Gasteiger partial charge in [0.2, 0.25) is 0 Å². The van der Waals surface area contributed by atoms with Crippen LogP contribution in [0.15, 0.2) is 11.4 Å². The minimum atomic E-state index is -0.549. The first-order chi connectivity index (χ1) is 10.3. The van der Waals surface area contributed by atoms with Crippen molar-refractivity contribution in [3.05, 3.63) is 21.9 Å². The topological polar surface area (TPSA) is 67.9 Å². The van der Waals surface area contributed by atoms with Crippen molar-refractivity contribution in [2.45, 2.75) is 32.4 Å². The van der Waals surface area contributed by atoms with Crippen molar-refractivity contribution in [1.29, 1.82) is 0 Å². The van der Waals surface area contributed by atoms with Gasteiger partial charge in [-0.2, -0.15) is 0 Å². The first-order valence-electron chi connectivity index (χ1n) is 7.19. The number of ether oxygens (including phenoxy) is 2. The molecule has 1 atom stereocenters. The maximum atomic E-state index is 12.4. The lowest BCUT2D eigenvalue weighted by molar-refractivity contribution is 0.0115. The summed E-state index contributed by atoms with van der Waals surface area (Å²) in [5.41, 5.74) is 0.252. The normalized spacial score (nSPS) is 18.9. The molecule has 2 heterocycles. The van der Waals surface area contributed by atoms with Crippen LogP contribution in [0, 0.1) is 0 Å². The molecule has 0 spiro atoms. The summed E-state index contributed by atoms with van der Waals surface area (Å²) < 4.78 is 10.3. The van der Waals surface area contributed by atoms with Crippen LogP contribution in [0.2, 0.25) is 0 Å². The highest BCUT2D eigenvalue weighted by molar-refractivity contribution is 7.12. The van der Waals surface area contributed by atoms with E-state index in [0.29, 0.717) is 24.5 Å². The zero-order valence-corrected chi connectivity index (χ0v) is 14.2. The van der Waals surface area contributed by atoms with Gasteiger partial charge in [-0.1, -0.05) is 0 Å². The number of thiophene rings is 1. The van der Waals surface area contributed by atoms with Gasteiger partial charge in [0.25, 0.3) is 0 Å². The van der Waals surface area contributed by atoms with Crippen molar-refractivity contribution in [2.24, 2.45) is 0 Å². The van der Waals surface area contributed by atoms with E-state index in [-0.39, 0.29) is 18.1 Å². The van der Waals surface area contributed by atoms with Crippen LogP contribution in [0.1, 0.15) is 42.0 Å². The number of amides is 1. The largest absolute Gasteiger partial charge is 0.465 e. The van der Waals surface area contributed by atoms with Gasteiger partial charge in [-0.05, 0) is 32.2 Å². The molecule has 22 heavy (non-hydrogen) atoms. The minimum Gasteiger partial charge on any atom is -0.465 e. The number of nitrogens with zero attached hydrogens (tertiary/aromatic N) is 1. The van der Waals surface area contributed by atoms with Gasteiger partial charge in [0, 0.05) is 25.2 Å². The van der Waals surface area contributed by atoms with E-state index in [0.717, 1.165) is 5.56 Å². The summed E-state index contributed by atoms with van der Waals surface area (Å²) in [5.74, 6) is -0.375. The summed E-state index contributed by atoms with van der Waals surface area (Å²) in [6, 6.07) is 1.63. The maximum absolute atomic E-state index is 12.4. The second kappa shape index (κ2) is 6.66. The molecule has 0 saturated carbocycles. The highest BCUT2D eigenvalue weighted by Gasteiger charge is 2.34. The summed E-state index contributed by atoms with van der Waals surface area (Å²) >= 11 is 1.32. The van der Waals surface area contributed by atoms with Crippen LogP contribution >= 0.6 is 11.3 Å². The molecule has 1 aromatic rings. The molecule has 1 aliphatic heterocycles. The lowest BCUT2D eigenvalue weighted by atomic mass is 10.0. The Morgan fingerprint density at radius 3 is 2.77 bits per heavy atom. The van der Waals surface area contributed by atoms with Gasteiger partial charge in [-0.25, -0.2) is 9.59 Å². The van der Waals surface area contributed by atoms with E-state index in [1.165, 1.54) is 18.4 Å². The van der Waals surface area contributed by atoms with Crippen molar-refractivity contribution in [2.75, 3.05) is 26.7 Å². The molecule has 0 bridgehead atoms. The second-order valence-electron chi connectivity index (χ2n) is 6.09. The number of esters is 1. The Kier molecular flexibility index (Phi) is 5.08. The third-order valence-electron chi connectivity index (χ3n) is 3.30. The molecule has 1 aromatic heterocycles. The van der Waals surface area contributed by atoms with Gasteiger partial charge >= 0.3 is 12.1 Å². The molecule has 1 amide bonds. The molecule has 7 heteroatoms. The first-order valence-corrected chi connectivity index (χ1v) is 8.07. The smallest absolute Gasteiger partial charge is 0.410 e. The fourth-order valence-electron chi connectivity index (χ4n) is 2.36. The van der Waals surface area contributed by atoms with E-state index in [2.05, 4.69) is 5.32 Å². The van der Waals surface area contributed by atoms with Crippen LogP contribution in [0.5, 0.6) is 0 Å².